The molecule has 0 spiro atoms. The predicted molar refractivity (Wildman–Crippen MR) is 382 cm³/mol. The van der Waals surface area contributed by atoms with E-state index in [0.29, 0.717) is 23.7 Å². The van der Waals surface area contributed by atoms with Gasteiger partial charge in [0, 0.05) is 67.1 Å². The fraction of sp³-hybridized carbons (Fsp3) is 0.640. The van der Waals surface area contributed by atoms with Crippen LogP contribution in [0.25, 0.3) is 72.7 Å². The highest BCUT2D eigenvalue weighted by atomic mass is 32.1. The zero-order chi connectivity index (χ0) is 60.7. The highest BCUT2D eigenvalue weighted by molar-refractivity contribution is 7.27. The number of nitrogens with zero attached hydrogens (tertiary/aromatic N) is 3. The molecule has 0 amide bonds. The zero-order valence-electron chi connectivity index (χ0n) is 55.3. The number of aromatic nitrogens is 3. The predicted octanol–water partition coefficient (Wildman–Crippen LogP) is 26.2. The lowest BCUT2D eigenvalue weighted by Gasteiger charge is -2.21. The number of hydrogen-bond acceptors (Lipinski definition) is 10. The molecule has 6 aromatic heterocycles. The molecule has 5 nitrogen and oxygen atoms in total. The van der Waals surface area contributed by atoms with Crippen LogP contribution in [-0.4, -0.2) is 26.9 Å². The number of hydrogen-bond donors (Lipinski definition) is 0. The van der Waals surface area contributed by atoms with Gasteiger partial charge in [-0.1, -0.05) is 225 Å². The molecule has 0 N–H and O–H groups in total. The van der Waals surface area contributed by atoms with E-state index in [2.05, 4.69) is 140 Å². The van der Waals surface area contributed by atoms with Gasteiger partial charge < -0.3 is 9.47 Å². The van der Waals surface area contributed by atoms with Gasteiger partial charge >= 0.3 is 0 Å². The highest BCUT2D eigenvalue weighted by Crippen LogP contribution is 2.53. The van der Waals surface area contributed by atoms with Crippen molar-refractivity contribution >= 4 is 99.1 Å². The first-order valence-electron chi connectivity index (χ1n) is 34.2. The molecule has 10 heteroatoms. The van der Waals surface area contributed by atoms with Crippen molar-refractivity contribution in [3.8, 4) is 42.3 Å². The molecule has 0 bridgehead atoms. The van der Waals surface area contributed by atoms with Crippen LogP contribution in [0.3, 0.4) is 0 Å². The van der Waals surface area contributed by atoms with E-state index < -0.39 is 0 Å². The standard InChI is InChI=1S/C75H109N3O2S5/c1-15-23-29-31-37-52(35-27-19-5)48-79-70-57-44-63-59(46-66(82-63)74(9,10)11)71(80-49-53(36-28-20-6)38-32-30-24-16-2)56(57)43-62-58(70)45-65(81-62)72-54(39-50(21-7)33-25-17-3)41-61(83-72)60-47-76-68(69-67(60)77-85-78-69)64-42-55(73(84-64)75(12,13)14)40-51(22-8)34-26-18-4/h41-47,50-53H,15-40,48-49H2,1-14H3. The summed E-state index contributed by atoms with van der Waals surface area (Å²) in [5, 5.41) is 4.89. The first kappa shape index (κ1) is 67.5. The number of fused-ring (bicyclic) bond motifs is 4. The molecule has 0 radical (unpaired) electrons. The second-order valence-electron chi connectivity index (χ2n) is 27.5. The third-order valence-corrected chi connectivity index (χ3v) is 24.4. The van der Waals surface area contributed by atoms with Crippen molar-refractivity contribution in [2.45, 2.75) is 275 Å². The van der Waals surface area contributed by atoms with Gasteiger partial charge in [-0.15, -0.1) is 45.3 Å². The Hall–Kier alpha value is -3.41. The lowest BCUT2D eigenvalue weighted by atomic mass is 9.86. The zero-order valence-corrected chi connectivity index (χ0v) is 59.4. The van der Waals surface area contributed by atoms with Gasteiger partial charge in [-0.2, -0.15) is 8.75 Å². The summed E-state index contributed by atoms with van der Waals surface area (Å²) in [6.07, 6.45) is 34.3. The topological polar surface area (TPSA) is 57.1 Å². The number of thiophene rings is 4. The molecule has 8 aromatic rings. The molecule has 4 unspecified atom stereocenters. The van der Waals surface area contributed by atoms with Crippen LogP contribution in [0, 0.1) is 23.7 Å². The Morgan fingerprint density at radius 1 is 0.435 bits per heavy atom. The largest absolute Gasteiger partial charge is 0.492 e. The second-order valence-corrected chi connectivity index (χ2v) is 32.3. The van der Waals surface area contributed by atoms with E-state index in [1.165, 1.54) is 237 Å². The SMILES string of the molecule is CCCCCCC(CCCC)COc1c2cc(-c3sc(-c4cnc(-c5cc(CC(CC)CCCC)c(C(C)(C)C)s5)c5nsnc45)cc3CC(CC)CCCC)sc2cc2c(OCC(CCCC)CCCCCC)c3cc(C(C)(C)C)sc3cc12. The van der Waals surface area contributed by atoms with Crippen LogP contribution >= 0.6 is 57.1 Å². The van der Waals surface area contributed by atoms with Crippen molar-refractivity contribution < 1.29 is 9.47 Å². The summed E-state index contributed by atoms with van der Waals surface area (Å²) >= 11 is 9.09. The minimum atomic E-state index is 0.0233. The van der Waals surface area contributed by atoms with E-state index in [1.807, 2.05) is 45.3 Å². The minimum absolute atomic E-state index is 0.0233. The Bertz CT molecular complexity index is 3320. The molecule has 0 aliphatic carbocycles. The smallest absolute Gasteiger partial charge is 0.136 e. The molecule has 4 atom stereocenters. The van der Waals surface area contributed by atoms with Crippen LogP contribution in [0.15, 0.2) is 42.6 Å². The highest BCUT2D eigenvalue weighted by Gasteiger charge is 2.29. The normalized spacial score (nSPS) is 14.0. The molecular formula is C75H109N3O2S5. The molecule has 85 heavy (non-hydrogen) atoms. The summed E-state index contributed by atoms with van der Waals surface area (Å²) in [6, 6.07) is 15.0. The first-order valence-corrected chi connectivity index (χ1v) is 38.2. The maximum absolute atomic E-state index is 7.55. The van der Waals surface area contributed by atoms with Crippen LogP contribution in [0.4, 0.5) is 0 Å². The van der Waals surface area contributed by atoms with Gasteiger partial charge in [-0.05, 0) is 121 Å². The average Bonchev–Trinajstić information content (AvgIpc) is 4.16. The number of rotatable bonds is 37. The van der Waals surface area contributed by atoms with E-state index in [9.17, 15) is 0 Å². The molecule has 0 saturated carbocycles. The van der Waals surface area contributed by atoms with Gasteiger partial charge in [0.25, 0.3) is 0 Å². The Kier molecular flexibility index (Phi) is 25.7. The summed E-state index contributed by atoms with van der Waals surface area (Å²) in [6.45, 7) is 34.4. The third kappa shape index (κ3) is 17.3. The molecule has 0 fully saturated rings. The number of ether oxygens (including phenoxy) is 2. The van der Waals surface area contributed by atoms with Crippen molar-refractivity contribution in [1.82, 2.24) is 13.7 Å². The van der Waals surface area contributed by atoms with Crippen LogP contribution in [0.5, 0.6) is 11.5 Å². The summed E-state index contributed by atoms with van der Waals surface area (Å²) in [7, 11) is 0. The monoisotopic (exact) mass is 1240 g/mol. The van der Waals surface area contributed by atoms with E-state index >= 15 is 0 Å². The maximum atomic E-state index is 7.55. The van der Waals surface area contributed by atoms with Crippen molar-refractivity contribution in [3.63, 3.8) is 0 Å². The van der Waals surface area contributed by atoms with Gasteiger partial charge in [0.1, 0.15) is 28.2 Å². The summed E-state index contributed by atoms with van der Waals surface area (Å²) in [4.78, 5) is 13.4. The molecule has 466 valence electrons. The molecule has 0 saturated heterocycles. The first-order chi connectivity index (χ1) is 41.1. The average molecular weight is 1250 g/mol. The summed E-state index contributed by atoms with van der Waals surface area (Å²) < 4.78 is 27.8. The van der Waals surface area contributed by atoms with Crippen LogP contribution < -0.4 is 9.47 Å². The van der Waals surface area contributed by atoms with Crippen LogP contribution in [0.1, 0.15) is 272 Å². The van der Waals surface area contributed by atoms with E-state index in [0.717, 1.165) is 59.8 Å². The fourth-order valence-electron chi connectivity index (χ4n) is 12.9. The molecule has 8 rings (SSSR count). The van der Waals surface area contributed by atoms with Gasteiger partial charge in [0.05, 0.1) is 29.8 Å². The molecule has 2 aromatic carbocycles. The van der Waals surface area contributed by atoms with Crippen molar-refractivity contribution in [1.29, 1.82) is 0 Å². The van der Waals surface area contributed by atoms with E-state index in [1.54, 1.807) is 0 Å². The Morgan fingerprint density at radius 3 is 1.46 bits per heavy atom. The van der Waals surface area contributed by atoms with Crippen LogP contribution in [-0.2, 0) is 23.7 Å². The molecular weight excluding hydrogens is 1140 g/mol. The van der Waals surface area contributed by atoms with Gasteiger partial charge in [-0.3, -0.25) is 4.98 Å². The molecule has 6 heterocycles. The van der Waals surface area contributed by atoms with Gasteiger partial charge in [-0.25, -0.2) is 0 Å². The summed E-state index contributed by atoms with van der Waals surface area (Å²) in [5.74, 6) is 4.45. The van der Waals surface area contributed by atoms with E-state index in [-0.39, 0.29) is 10.8 Å². The van der Waals surface area contributed by atoms with Crippen LogP contribution in [0.2, 0.25) is 0 Å². The van der Waals surface area contributed by atoms with Gasteiger partial charge in [0.2, 0.25) is 0 Å². The lowest BCUT2D eigenvalue weighted by Crippen LogP contribution is -2.13. The number of benzene rings is 2. The fourth-order valence-corrected chi connectivity index (χ4v) is 18.3. The van der Waals surface area contributed by atoms with E-state index in [4.69, 9.17) is 23.2 Å². The third-order valence-electron chi connectivity index (χ3n) is 18.3. The Morgan fingerprint density at radius 2 is 0.929 bits per heavy atom. The second kappa shape index (κ2) is 32.4. The van der Waals surface area contributed by atoms with Crippen molar-refractivity contribution in [3.05, 3.63) is 63.5 Å². The molecule has 0 aliphatic heterocycles. The maximum Gasteiger partial charge on any atom is 0.136 e. The van der Waals surface area contributed by atoms with Crippen molar-refractivity contribution in [2.75, 3.05) is 13.2 Å². The lowest BCUT2D eigenvalue weighted by molar-refractivity contribution is 0.227. The van der Waals surface area contributed by atoms with Gasteiger partial charge in [0.15, 0.2) is 0 Å². The molecule has 0 aliphatic rings. The quantitative estimate of drug-likeness (QED) is 0.0363. The number of unbranched alkanes of at least 4 members (excludes halogenated alkanes) is 10. The Balaban J connectivity index is 1.29. The Labute approximate surface area is 535 Å². The number of pyridine rings is 1. The van der Waals surface area contributed by atoms with Crippen molar-refractivity contribution in [2.24, 2.45) is 23.7 Å². The minimum Gasteiger partial charge on any atom is -0.492 e. The summed E-state index contributed by atoms with van der Waals surface area (Å²) in [5.41, 5.74) is 6.97.